The zero-order valence-corrected chi connectivity index (χ0v) is 10.3. The van der Waals surface area contributed by atoms with Crippen molar-refractivity contribution in [3.05, 3.63) is 11.9 Å². The Morgan fingerprint density at radius 1 is 1.44 bits per heavy atom. The molecule has 0 aliphatic rings. The molecule has 1 N–H and O–H groups in total. The van der Waals surface area contributed by atoms with Crippen molar-refractivity contribution in [1.82, 2.24) is 9.97 Å². The van der Waals surface area contributed by atoms with Crippen molar-refractivity contribution in [2.75, 3.05) is 25.6 Å². The number of nitrogens with zero attached hydrogens (tertiary/aromatic N) is 2. The highest BCUT2D eigenvalue weighted by atomic mass is 16.5. The standard InChI is InChI=1S/C11H19N3O2/c1-5-16-8(2)6-12-10-9(3)11(15-4)14-7-13-10/h7-8H,5-6H2,1-4H3,(H,12,13,14). The van der Waals surface area contributed by atoms with Gasteiger partial charge in [0.05, 0.1) is 18.8 Å². The second-order valence-electron chi connectivity index (χ2n) is 3.50. The number of ether oxygens (including phenoxy) is 2. The van der Waals surface area contributed by atoms with Crippen LogP contribution in [0.15, 0.2) is 6.33 Å². The van der Waals surface area contributed by atoms with Crippen LogP contribution in [0.5, 0.6) is 5.88 Å². The van der Waals surface area contributed by atoms with Gasteiger partial charge in [-0.3, -0.25) is 0 Å². The topological polar surface area (TPSA) is 56.3 Å². The molecule has 0 spiro atoms. The maximum absolute atomic E-state index is 5.42. The number of rotatable bonds is 6. The van der Waals surface area contributed by atoms with E-state index in [1.807, 2.05) is 20.8 Å². The first-order chi connectivity index (χ1) is 7.69. The number of hydrogen-bond donors (Lipinski definition) is 1. The molecule has 0 saturated carbocycles. The predicted octanol–water partition coefficient (Wildman–Crippen LogP) is 1.63. The highest BCUT2D eigenvalue weighted by molar-refractivity contribution is 5.47. The SMILES string of the molecule is CCOC(C)CNc1ncnc(OC)c1C. The van der Waals surface area contributed by atoms with Gasteiger partial charge in [-0.15, -0.1) is 0 Å². The van der Waals surface area contributed by atoms with Crippen LogP contribution in [0.1, 0.15) is 19.4 Å². The molecule has 16 heavy (non-hydrogen) atoms. The van der Waals surface area contributed by atoms with Gasteiger partial charge in [-0.25, -0.2) is 9.97 Å². The molecule has 0 aliphatic carbocycles. The fourth-order valence-corrected chi connectivity index (χ4v) is 1.40. The van der Waals surface area contributed by atoms with E-state index >= 15 is 0 Å². The number of methoxy groups -OCH3 is 1. The number of nitrogens with one attached hydrogen (secondary N) is 1. The quantitative estimate of drug-likeness (QED) is 0.797. The molecule has 0 bridgehead atoms. The Kier molecular flexibility index (Phi) is 4.98. The van der Waals surface area contributed by atoms with E-state index in [1.54, 1.807) is 7.11 Å². The first-order valence-electron chi connectivity index (χ1n) is 5.40. The summed E-state index contributed by atoms with van der Waals surface area (Å²) in [5, 5.41) is 3.22. The second-order valence-corrected chi connectivity index (χ2v) is 3.50. The van der Waals surface area contributed by atoms with Gasteiger partial charge >= 0.3 is 0 Å². The van der Waals surface area contributed by atoms with Crippen molar-refractivity contribution < 1.29 is 9.47 Å². The summed E-state index contributed by atoms with van der Waals surface area (Å²) in [7, 11) is 1.60. The maximum Gasteiger partial charge on any atom is 0.221 e. The molecular weight excluding hydrogens is 206 g/mol. The van der Waals surface area contributed by atoms with Crippen LogP contribution >= 0.6 is 0 Å². The molecule has 0 fully saturated rings. The van der Waals surface area contributed by atoms with Gasteiger partial charge in [0, 0.05) is 13.2 Å². The predicted molar refractivity (Wildman–Crippen MR) is 62.9 cm³/mol. The van der Waals surface area contributed by atoms with E-state index in [0.717, 1.165) is 24.5 Å². The Morgan fingerprint density at radius 3 is 2.81 bits per heavy atom. The molecular formula is C11H19N3O2. The molecule has 5 nitrogen and oxygen atoms in total. The minimum absolute atomic E-state index is 0.158. The molecule has 90 valence electrons. The van der Waals surface area contributed by atoms with Crippen molar-refractivity contribution in [3.8, 4) is 5.88 Å². The molecule has 0 saturated heterocycles. The lowest BCUT2D eigenvalue weighted by molar-refractivity contribution is 0.0854. The normalized spacial score (nSPS) is 12.2. The van der Waals surface area contributed by atoms with Crippen LogP contribution < -0.4 is 10.1 Å². The molecule has 0 radical (unpaired) electrons. The van der Waals surface area contributed by atoms with E-state index in [1.165, 1.54) is 6.33 Å². The summed E-state index contributed by atoms with van der Waals surface area (Å²) in [6, 6.07) is 0. The first-order valence-corrected chi connectivity index (χ1v) is 5.40. The average molecular weight is 225 g/mol. The third-order valence-electron chi connectivity index (χ3n) is 2.24. The van der Waals surface area contributed by atoms with E-state index in [2.05, 4.69) is 15.3 Å². The van der Waals surface area contributed by atoms with Crippen LogP contribution in [-0.2, 0) is 4.74 Å². The maximum atomic E-state index is 5.42. The summed E-state index contributed by atoms with van der Waals surface area (Å²) in [4.78, 5) is 8.18. The van der Waals surface area contributed by atoms with Gasteiger partial charge < -0.3 is 14.8 Å². The number of hydrogen-bond acceptors (Lipinski definition) is 5. The molecule has 0 amide bonds. The molecule has 0 aromatic carbocycles. The molecule has 1 atom stereocenters. The van der Waals surface area contributed by atoms with Crippen LogP contribution in [-0.4, -0.2) is 36.3 Å². The van der Waals surface area contributed by atoms with Gasteiger partial charge in [0.25, 0.3) is 0 Å². The van der Waals surface area contributed by atoms with Gasteiger partial charge in [0.2, 0.25) is 5.88 Å². The highest BCUT2D eigenvalue weighted by Gasteiger charge is 2.08. The molecule has 0 aliphatic heterocycles. The van der Waals surface area contributed by atoms with Gasteiger partial charge in [0.15, 0.2) is 0 Å². The summed E-state index contributed by atoms with van der Waals surface area (Å²) in [5.74, 6) is 1.39. The Bertz CT molecular complexity index is 331. The van der Waals surface area contributed by atoms with Crippen LogP contribution in [0.3, 0.4) is 0 Å². The highest BCUT2D eigenvalue weighted by Crippen LogP contribution is 2.19. The smallest absolute Gasteiger partial charge is 0.221 e. The summed E-state index contributed by atoms with van der Waals surface area (Å²) >= 11 is 0. The molecule has 5 heteroatoms. The molecule has 1 unspecified atom stereocenters. The lowest BCUT2D eigenvalue weighted by atomic mass is 10.3. The largest absolute Gasteiger partial charge is 0.481 e. The Balaban J connectivity index is 2.60. The van der Waals surface area contributed by atoms with Crippen molar-refractivity contribution in [2.24, 2.45) is 0 Å². The van der Waals surface area contributed by atoms with Gasteiger partial charge in [-0.1, -0.05) is 0 Å². The van der Waals surface area contributed by atoms with E-state index in [9.17, 15) is 0 Å². The summed E-state index contributed by atoms with van der Waals surface area (Å²) in [6.45, 7) is 7.36. The fraction of sp³-hybridized carbons (Fsp3) is 0.636. The van der Waals surface area contributed by atoms with Crippen molar-refractivity contribution in [2.45, 2.75) is 26.9 Å². The first kappa shape index (κ1) is 12.7. The molecule has 1 heterocycles. The Labute approximate surface area is 96.2 Å². The lowest BCUT2D eigenvalue weighted by Gasteiger charge is -2.14. The summed E-state index contributed by atoms with van der Waals surface area (Å²) < 4.78 is 10.5. The number of anilines is 1. The third kappa shape index (κ3) is 3.34. The minimum atomic E-state index is 0.158. The van der Waals surface area contributed by atoms with Crippen LogP contribution in [0.2, 0.25) is 0 Å². The van der Waals surface area contributed by atoms with E-state index in [-0.39, 0.29) is 6.10 Å². The third-order valence-corrected chi connectivity index (χ3v) is 2.24. The average Bonchev–Trinajstić information content (AvgIpc) is 2.28. The molecule has 1 aromatic heterocycles. The zero-order chi connectivity index (χ0) is 12.0. The second kappa shape index (κ2) is 6.27. The summed E-state index contributed by atoms with van der Waals surface area (Å²) in [6.07, 6.45) is 1.64. The molecule has 1 aromatic rings. The van der Waals surface area contributed by atoms with Crippen molar-refractivity contribution >= 4 is 5.82 Å². The number of aromatic nitrogens is 2. The zero-order valence-electron chi connectivity index (χ0n) is 10.3. The monoisotopic (exact) mass is 225 g/mol. The summed E-state index contributed by atoms with van der Waals surface area (Å²) in [5.41, 5.74) is 0.911. The van der Waals surface area contributed by atoms with E-state index < -0.39 is 0 Å². The van der Waals surface area contributed by atoms with Crippen LogP contribution in [0.4, 0.5) is 5.82 Å². The van der Waals surface area contributed by atoms with Crippen LogP contribution in [0.25, 0.3) is 0 Å². The minimum Gasteiger partial charge on any atom is -0.481 e. The van der Waals surface area contributed by atoms with Crippen LogP contribution in [0, 0.1) is 6.92 Å². The Morgan fingerprint density at radius 2 is 2.19 bits per heavy atom. The van der Waals surface area contributed by atoms with E-state index in [4.69, 9.17) is 9.47 Å². The fourth-order valence-electron chi connectivity index (χ4n) is 1.40. The van der Waals surface area contributed by atoms with E-state index in [0.29, 0.717) is 5.88 Å². The van der Waals surface area contributed by atoms with Crippen molar-refractivity contribution in [1.29, 1.82) is 0 Å². The Hall–Kier alpha value is -1.36. The van der Waals surface area contributed by atoms with Crippen molar-refractivity contribution in [3.63, 3.8) is 0 Å². The van der Waals surface area contributed by atoms with Gasteiger partial charge in [0.1, 0.15) is 12.1 Å². The van der Waals surface area contributed by atoms with Gasteiger partial charge in [-0.05, 0) is 20.8 Å². The molecule has 1 rings (SSSR count). The van der Waals surface area contributed by atoms with Gasteiger partial charge in [-0.2, -0.15) is 0 Å². The lowest BCUT2D eigenvalue weighted by Crippen LogP contribution is -2.20.